The van der Waals surface area contributed by atoms with Crippen LogP contribution < -0.4 is 0 Å². The lowest BCUT2D eigenvalue weighted by atomic mass is 10.1. The first-order valence-corrected chi connectivity index (χ1v) is 7.02. The molecule has 0 saturated carbocycles. The molecule has 1 amide bonds. The molecule has 0 aliphatic carbocycles. The summed E-state index contributed by atoms with van der Waals surface area (Å²) in [6.07, 6.45) is 0.0297. The molecule has 1 aliphatic rings. The van der Waals surface area contributed by atoms with E-state index in [2.05, 4.69) is 18.8 Å². The highest BCUT2D eigenvalue weighted by Crippen LogP contribution is 2.16. The normalized spacial score (nSPS) is 18.9. The van der Waals surface area contributed by atoms with Gasteiger partial charge in [0.1, 0.15) is 5.69 Å². The van der Waals surface area contributed by atoms with Crippen molar-refractivity contribution in [2.24, 2.45) is 5.92 Å². The number of hydrogen-bond acceptors (Lipinski definition) is 4. The molecule has 1 aliphatic heterocycles. The minimum absolute atomic E-state index is 0.0297. The zero-order valence-electron chi connectivity index (χ0n) is 12.5. The summed E-state index contributed by atoms with van der Waals surface area (Å²) >= 11 is 0. The Labute approximate surface area is 123 Å². The predicted molar refractivity (Wildman–Crippen MR) is 76.4 cm³/mol. The van der Waals surface area contributed by atoms with Crippen molar-refractivity contribution in [3.8, 4) is 0 Å². The molecule has 2 rings (SSSR count). The van der Waals surface area contributed by atoms with Crippen LogP contribution in [0, 0.1) is 12.8 Å². The third-order valence-corrected chi connectivity index (χ3v) is 3.66. The molecule has 1 aromatic rings. The lowest BCUT2D eigenvalue weighted by molar-refractivity contribution is -0.0422. The van der Waals surface area contributed by atoms with Crippen LogP contribution in [0.3, 0.4) is 0 Å². The summed E-state index contributed by atoms with van der Waals surface area (Å²) in [6, 6.07) is 2.90. The van der Waals surface area contributed by atoms with Crippen LogP contribution in [0.15, 0.2) is 12.1 Å². The van der Waals surface area contributed by atoms with Gasteiger partial charge < -0.3 is 14.7 Å². The molecule has 0 radical (unpaired) electrons. The number of aromatic carboxylic acids is 1. The summed E-state index contributed by atoms with van der Waals surface area (Å²) in [7, 11) is 0. The maximum atomic E-state index is 12.5. The summed E-state index contributed by atoms with van der Waals surface area (Å²) in [5.41, 5.74) is 0.748. The van der Waals surface area contributed by atoms with Gasteiger partial charge in [0.15, 0.2) is 0 Å². The molecule has 2 heterocycles. The van der Waals surface area contributed by atoms with E-state index in [1.807, 2.05) is 0 Å². The van der Waals surface area contributed by atoms with Crippen LogP contribution in [0.25, 0.3) is 0 Å². The molecular weight excluding hydrogens is 272 g/mol. The Morgan fingerprint density at radius 2 is 2.14 bits per heavy atom. The Morgan fingerprint density at radius 1 is 1.43 bits per heavy atom. The SMILES string of the molecule is Cc1nc(C(=O)N2CCOC(C(C)C)C2)ccc1C(=O)O. The van der Waals surface area contributed by atoms with Gasteiger partial charge in [-0.3, -0.25) is 4.79 Å². The lowest BCUT2D eigenvalue weighted by Crippen LogP contribution is -2.47. The predicted octanol–water partition coefficient (Wildman–Crippen LogP) is 1.59. The number of aromatic nitrogens is 1. The Kier molecular flexibility index (Phi) is 4.57. The molecule has 21 heavy (non-hydrogen) atoms. The lowest BCUT2D eigenvalue weighted by Gasteiger charge is -2.34. The van der Waals surface area contributed by atoms with Crippen LogP contribution in [0.5, 0.6) is 0 Å². The van der Waals surface area contributed by atoms with Crippen molar-refractivity contribution >= 4 is 11.9 Å². The third kappa shape index (κ3) is 3.39. The number of aryl methyl sites for hydroxylation is 1. The molecule has 6 heteroatoms. The zero-order valence-corrected chi connectivity index (χ0v) is 12.5. The minimum atomic E-state index is -1.04. The van der Waals surface area contributed by atoms with Crippen molar-refractivity contribution in [3.63, 3.8) is 0 Å². The summed E-state index contributed by atoms with van der Waals surface area (Å²) < 4.78 is 5.64. The molecule has 114 valence electrons. The number of nitrogens with zero attached hydrogens (tertiary/aromatic N) is 2. The summed E-state index contributed by atoms with van der Waals surface area (Å²) in [5.74, 6) is -0.876. The maximum absolute atomic E-state index is 12.5. The van der Waals surface area contributed by atoms with Gasteiger partial charge in [-0.1, -0.05) is 13.8 Å². The first kappa shape index (κ1) is 15.4. The smallest absolute Gasteiger partial charge is 0.337 e. The second-order valence-corrected chi connectivity index (χ2v) is 5.54. The third-order valence-electron chi connectivity index (χ3n) is 3.66. The Hall–Kier alpha value is -1.95. The van der Waals surface area contributed by atoms with Crippen molar-refractivity contribution in [2.45, 2.75) is 26.9 Å². The zero-order chi connectivity index (χ0) is 15.6. The van der Waals surface area contributed by atoms with Gasteiger partial charge in [0.05, 0.1) is 24.0 Å². The molecule has 6 nitrogen and oxygen atoms in total. The van der Waals surface area contributed by atoms with Crippen molar-refractivity contribution < 1.29 is 19.4 Å². The summed E-state index contributed by atoms with van der Waals surface area (Å²) in [5, 5.41) is 8.99. The van der Waals surface area contributed by atoms with Crippen molar-refractivity contribution in [3.05, 3.63) is 29.1 Å². The maximum Gasteiger partial charge on any atom is 0.337 e. The van der Waals surface area contributed by atoms with Gasteiger partial charge >= 0.3 is 5.97 Å². The van der Waals surface area contributed by atoms with Crippen molar-refractivity contribution in [1.29, 1.82) is 0 Å². The molecule has 1 saturated heterocycles. The fourth-order valence-corrected chi connectivity index (χ4v) is 2.33. The van der Waals surface area contributed by atoms with Crippen molar-refractivity contribution in [2.75, 3.05) is 19.7 Å². The molecule has 0 aromatic carbocycles. The van der Waals surface area contributed by atoms with E-state index in [9.17, 15) is 9.59 Å². The van der Waals surface area contributed by atoms with Crippen LogP contribution in [0.2, 0.25) is 0 Å². The largest absolute Gasteiger partial charge is 0.478 e. The van der Waals surface area contributed by atoms with Crippen LogP contribution in [-0.4, -0.2) is 52.7 Å². The summed E-state index contributed by atoms with van der Waals surface area (Å²) in [4.78, 5) is 29.3. The molecular formula is C15H20N2O4. The second-order valence-electron chi connectivity index (χ2n) is 5.54. The van der Waals surface area contributed by atoms with E-state index in [4.69, 9.17) is 9.84 Å². The van der Waals surface area contributed by atoms with Gasteiger partial charge in [0.25, 0.3) is 5.91 Å². The van der Waals surface area contributed by atoms with E-state index in [1.165, 1.54) is 12.1 Å². The van der Waals surface area contributed by atoms with E-state index in [-0.39, 0.29) is 23.3 Å². The standard InChI is InChI=1S/C15H20N2O4/c1-9(2)13-8-17(6-7-21-13)14(18)12-5-4-11(15(19)20)10(3)16-12/h4-5,9,13H,6-8H2,1-3H3,(H,19,20). The summed E-state index contributed by atoms with van der Waals surface area (Å²) in [6.45, 7) is 7.30. The molecule has 1 aromatic heterocycles. The highest BCUT2D eigenvalue weighted by Gasteiger charge is 2.27. The van der Waals surface area contributed by atoms with E-state index >= 15 is 0 Å². The van der Waals surface area contributed by atoms with Crippen LogP contribution in [0.1, 0.15) is 40.4 Å². The highest BCUT2D eigenvalue weighted by atomic mass is 16.5. The second kappa shape index (κ2) is 6.22. The molecule has 1 N–H and O–H groups in total. The number of carbonyl (C=O) groups is 2. The highest BCUT2D eigenvalue weighted by molar-refractivity contribution is 5.94. The fraction of sp³-hybridized carbons (Fsp3) is 0.533. The van der Waals surface area contributed by atoms with Gasteiger partial charge in [-0.15, -0.1) is 0 Å². The van der Waals surface area contributed by atoms with Crippen LogP contribution in [0.4, 0.5) is 0 Å². The van der Waals surface area contributed by atoms with E-state index in [1.54, 1.807) is 11.8 Å². The van der Waals surface area contributed by atoms with Gasteiger partial charge in [-0.05, 0) is 25.0 Å². The minimum Gasteiger partial charge on any atom is -0.478 e. The first-order chi connectivity index (χ1) is 9.90. The van der Waals surface area contributed by atoms with Gasteiger partial charge in [-0.2, -0.15) is 0 Å². The van der Waals surface area contributed by atoms with Gasteiger partial charge in [0.2, 0.25) is 0 Å². The Balaban J connectivity index is 2.16. The monoisotopic (exact) mass is 292 g/mol. The number of amides is 1. The number of carboxylic acid groups (broad SMARTS) is 1. The number of ether oxygens (including phenoxy) is 1. The first-order valence-electron chi connectivity index (χ1n) is 7.02. The van der Waals surface area contributed by atoms with Gasteiger partial charge in [0, 0.05) is 13.1 Å². The molecule has 0 bridgehead atoms. The topological polar surface area (TPSA) is 79.7 Å². The van der Waals surface area contributed by atoms with E-state index < -0.39 is 5.97 Å². The Morgan fingerprint density at radius 3 is 2.71 bits per heavy atom. The van der Waals surface area contributed by atoms with Crippen molar-refractivity contribution in [1.82, 2.24) is 9.88 Å². The molecule has 1 atom stereocenters. The van der Waals surface area contributed by atoms with Gasteiger partial charge in [-0.25, -0.2) is 9.78 Å². The van der Waals surface area contributed by atoms with E-state index in [0.29, 0.717) is 31.3 Å². The number of carbonyl (C=O) groups excluding carboxylic acids is 1. The quantitative estimate of drug-likeness (QED) is 0.915. The molecule has 1 fully saturated rings. The number of pyridine rings is 1. The number of hydrogen-bond donors (Lipinski definition) is 1. The fourth-order valence-electron chi connectivity index (χ4n) is 2.33. The number of rotatable bonds is 3. The molecule has 0 spiro atoms. The van der Waals surface area contributed by atoms with Crippen LogP contribution in [-0.2, 0) is 4.74 Å². The molecule has 1 unspecified atom stereocenters. The van der Waals surface area contributed by atoms with E-state index in [0.717, 1.165) is 0 Å². The number of carboxylic acids is 1. The average Bonchev–Trinajstić information content (AvgIpc) is 2.46. The Bertz CT molecular complexity index is 557. The average molecular weight is 292 g/mol. The number of morpholine rings is 1. The van der Waals surface area contributed by atoms with Crippen LogP contribution >= 0.6 is 0 Å².